The second kappa shape index (κ2) is 6.84. The molecule has 8 heteroatoms. The third-order valence-electron chi connectivity index (χ3n) is 3.51. The lowest BCUT2D eigenvalue weighted by Crippen LogP contribution is -2.25. The monoisotopic (exact) mass is 347 g/mol. The highest BCUT2D eigenvalue weighted by atomic mass is 35.5. The summed E-state index contributed by atoms with van der Waals surface area (Å²) in [6, 6.07) is 7.92. The van der Waals surface area contributed by atoms with Gasteiger partial charge in [0.15, 0.2) is 0 Å². The molecule has 0 bridgehead atoms. The Labute approximate surface area is 142 Å². The molecule has 1 amide bonds. The lowest BCUT2D eigenvalue weighted by Gasteiger charge is -2.03. The van der Waals surface area contributed by atoms with Crippen molar-refractivity contribution in [1.29, 1.82) is 0 Å². The van der Waals surface area contributed by atoms with E-state index in [9.17, 15) is 9.18 Å². The number of nitrogens with zero attached hydrogens (tertiary/aromatic N) is 4. The second-order valence-electron chi connectivity index (χ2n) is 5.21. The fourth-order valence-electron chi connectivity index (χ4n) is 2.21. The summed E-state index contributed by atoms with van der Waals surface area (Å²) in [5.74, 6) is -0.561. The van der Waals surface area contributed by atoms with Crippen LogP contribution in [-0.4, -0.2) is 32.0 Å². The Hall–Kier alpha value is -2.67. The van der Waals surface area contributed by atoms with Gasteiger partial charge in [0.25, 0.3) is 5.91 Å². The fourth-order valence-corrected chi connectivity index (χ4v) is 2.39. The van der Waals surface area contributed by atoms with Crippen LogP contribution in [0.3, 0.4) is 0 Å². The molecule has 1 aromatic carbocycles. The maximum atomic E-state index is 12.9. The minimum atomic E-state index is -0.289. The topological polar surface area (TPSA) is 64.7 Å². The van der Waals surface area contributed by atoms with Crippen LogP contribution in [0.5, 0.6) is 0 Å². The molecule has 0 aliphatic heterocycles. The summed E-state index contributed by atoms with van der Waals surface area (Å²) in [6.45, 7) is 0.421. The quantitative estimate of drug-likeness (QED) is 0.770. The number of carbonyl (C=O) groups is 1. The van der Waals surface area contributed by atoms with E-state index in [-0.39, 0.29) is 11.7 Å². The van der Waals surface area contributed by atoms with Gasteiger partial charge in [0, 0.05) is 26.2 Å². The highest BCUT2D eigenvalue weighted by molar-refractivity contribution is 6.32. The molecular formula is C16H15ClFN5O. The average molecular weight is 348 g/mol. The van der Waals surface area contributed by atoms with Crippen LogP contribution in [0.4, 0.5) is 4.39 Å². The Kier molecular flexibility index (Phi) is 4.61. The molecule has 0 fully saturated rings. The molecule has 2 aromatic heterocycles. The van der Waals surface area contributed by atoms with E-state index in [2.05, 4.69) is 15.5 Å². The molecule has 0 aliphatic carbocycles. The summed E-state index contributed by atoms with van der Waals surface area (Å²) in [7, 11) is 1.67. The number of rotatable bonds is 5. The normalized spacial score (nSPS) is 10.8. The van der Waals surface area contributed by atoms with E-state index in [0.717, 1.165) is 11.4 Å². The number of hydrogen-bond donors (Lipinski definition) is 1. The molecule has 1 N–H and O–H groups in total. The Bertz CT molecular complexity index is 856. The van der Waals surface area contributed by atoms with Crippen LogP contribution in [0.1, 0.15) is 16.1 Å². The average Bonchev–Trinajstić information content (AvgIpc) is 3.16. The predicted molar refractivity (Wildman–Crippen MR) is 87.8 cm³/mol. The van der Waals surface area contributed by atoms with Crippen molar-refractivity contribution in [3.05, 3.63) is 65.0 Å². The number of carbonyl (C=O) groups excluding carboxylic acids is 1. The van der Waals surface area contributed by atoms with Gasteiger partial charge in [-0.25, -0.2) is 9.07 Å². The summed E-state index contributed by atoms with van der Waals surface area (Å²) in [4.78, 5) is 12.0. The molecule has 124 valence electrons. The van der Waals surface area contributed by atoms with E-state index in [4.69, 9.17) is 11.6 Å². The summed E-state index contributed by atoms with van der Waals surface area (Å²) in [5, 5.41) is 11.4. The van der Waals surface area contributed by atoms with Gasteiger partial charge < -0.3 is 5.32 Å². The zero-order chi connectivity index (χ0) is 17.1. The molecule has 0 radical (unpaired) electrons. The van der Waals surface area contributed by atoms with Gasteiger partial charge in [0.2, 0.25) is 0 Å². The maximum absolute atomic E-state index is 12.9. The molecule has 0 aliphatic rings. The SMILES string of the molecule is Cn1ncc(C(=O)NCCc2ccn(-c3ccc(F)cc3)n2)c1Cl. The van der Waals surface area contributed by atoms with Crippen LogP contribution < -0.4 is 5.32 Å². The van der Waals surface area contributed by atoms with Gasteiger partial charge in [-0.05, 0) is 30.3 Å². The fraction of sp³-hybridized carbons (Fsp3) is 0.188. The van der Waals surface area contributed by atoms with Gasteiger partial charge in [-0.2, -0.15) is 10.2 Å². The summed E-state index contributed by atoms with van der Waals surface area (Å²) in [6.07, 6.45) is 3.79. The largest absolute Gasteiger partial charge is 0.351 e. The molecular weight excluding hydrogens is 333 g/mol. The van der Waals surface area contributed by atoms with E-state index in [1.807, 2.05) is 6.07 Å². The molecule has 3 rings (SSSR count). The maximum Gasteiger partial charge on any atom is 0.256 e. The minimum absolute atomic E-state index is 0.272. The van der Waals surface area contributed by atoms with Gasteiger partial charge in [-0.1, -0.05) is 11.6 Å². The highest BCUT2D eigenvalue weighted by Crippen LogP contribution is 2.13. The van der Waals surface area contributed by atoms with Crippen molar-refractivity contribution < 1.29 is 9.18 Å². The van der Waals surface area contributed by atoms with Crippen LogP contribution in [-0.2, 0) is 13.5 Å². The molecule has 2 heterocycles. The van der Waals surface area contributed by atoms with E-state index < -0.39 is 0 Å². The smallest absolute Gasteiger partial charge is 0.256 e. The van der Waals surface area contributed by atoms with Crippen LogP contribution in [0, 0.1) is 5.82 Å². The molecule has 3 aromatic rings. The molecule has 0 atom stereocenters. The lowest BCUT2D eigenvalue weighted by molar-refractivity contribution is 0.0954. The van der Waals surface area contributed by atoms with E-state index in [1.165, 1.54) is 23.0 Å². The molecule has 0 saturated heterocycles. The highest BCUT2D eigenvalue weighted by Gasteiger charge is 2.13. The Morgan fingerprint density at radius 3 is 2.71 bits per heavy atom. The zero-order valence-electron chi connectivity index (χ0n) is 12.9. The van der Waals surface area contributed by atoms with Crippen molar-refractivity contribution in [2.45, 2.75) is 6.42 Å². The molecule has 0 unspecified atom stereocenters. The zero-order valence-corrected chi connectivity index (χ0v) is 13.7. The first-order valence-electron chi connectivity index (χ1n) is 7.31. The third-order valence-corrected chi connectivity index (χ3v) is 3.96. The summed E-state index contributed by atoms with van der Waals surface area (Å²) < 4.78 is 16.0. The van der Waals surface area contributed by atoms with Crippen LogP contribution in [0.25, 0.3) is 5.69 Å². The lowest BCUT2D eigenvalue weighted by atomic mass is 10.3. The first-order chi connectivity index (χ1) is 11.5. The van der Waals surface area contributed by atoms with Crippen molar-refractivity contribution in [2.75, 3.05) is 6.54 Å². The van der Waals surface area contributed by atoms with E-state index in [1.54, 1.807) is 30.1 Å². The number of nitrogens with one attached hydrogen (secondary N) is 1. The van der Waals surface area contributed by atoms with E-state index in [0.29, 0.717) is 23.7 Å². The summed E-state index contributed by atoms with van der Waals surface area (Å²) >= 11 is 5.98. The Morgan fingerprint density at radius 2 is 2.04 bits per heavy atom. The van der Waals surface area contributed by atoms with Gasteiger partial charge in [-0.3, -0.25) is 9.48 Å². The van der Waals surface area contributed by atoms with Gasteiger partial charge >= 0.3 is 0 Å². The van der Waals surface area contributed by atoms with Gasteiger partial charge in [0.1, 0.15) is 11.0 Å². The van der Waals surface area contributed by atoms with E-state index >= 15 is 0 Å². The van der Waals surface area contributed by atoms with Crippen molar-refractivity contribution >= 4 is 17.5 Å². The van der Waals surface area contributed by atoms with Gasteiger partial charge in [-0.15, -0.1) is 0 Å². The number of benzene rings is 1. The molecule has 0 saturated carbocycles. The molecule has 24 heavy (non-hydrogen) atoms. The Balaban J connectivity index is 1.57. The Morgan fingerprint density at radius 1 is 1.29 bits per heavy atom. The summed E-state index contributed by atoms with van der Waals surface area (Å²) in [5.41, 5.74) is 1.93. The molecule has 0 spiro atoms. The first kappa shape index (κ1) is 16.2. The second-order valence-corrected chi connectivity index (χ2v) is 5.56. The van der Waals surface area contributed by atoms with Crippen LogP contribution in [0.2, 0.25) is 5.15 Å². The standard InChI is InChI=1S/C16H15ClFN5O/c1-22-15(17)14(10-20-22)16(24)19-8-6-12-7-9-23(21-12)13-4-2-11(18)3-5-13/h2-5,7,9-10H,6,8H2,1H3,(H,19,24). The van der Waals surface area contributed by atoms with Crippen molar-refractivity contribution in [2.24, 2.45) is 7.05 Å². The first-order valence-corrected chi connectivity index (χ1v) is 7.68. The van der Waals surface area contributed by atoms with Crippen LogP contribution >= 0.6 is 11.6 Å². The van der Waals surface area contributed by atoms with Gasteiger partial charge in [0.05, 0.1) is 23.1 Å². The van der Waals surface area contributed by atoms with Crippen molar-refractivity contribution in [3.63, 3.8) is 0 Å². The predicted octanol–water partition coefficient (Wildman–Crippen LogP) is 2.37. The molecule has 6 nitrogen and oxygen atoms in total. The number of aromatic nitrogens is 4. The van der Waals surface area contributed by atoms with Crippen molar-refractivity contribution in [3.8, 4) is 5.69 Å². The number of aryl methyl sites for hydroxylation is 1. The van der Waals surface area contributed by atoms with Crippen LogP contribution in [0.15, 0.2) is 42.7 Å². The minimum Gasteiger partial charge on any atom is -0.351 e. The van der Waals surface area contributed by atoms with Crippen molar-refractivity contribution in [1.82, 2.24) is 24.9 Å². The number of hydrogen-bond acceptors (Lipinski definition) is 3. The number of amides is 1. The third kappa shape index (κ3) is 3.46. The number of halogens is 2.